The number of amides is 2. The molecule has 2 amide bonds. The van der Waals surface area contributed by atoms with E-state index in [2.05, 4.69) is 10.2 Å². The number of rotatable bonds is 4. The minimum atomic E-state index is -0.145. The summed E-state index contributed by atoms with van der Waals surface area (Å²) in [7, 11) is 1.84. The average Bonchev–Trinajstić information content (AvgIpc) is 3.08. The number of carbonyl (C=O) groups is 2. The number of halogens is 1. The van der Waals surface area contributed by atoms with Gasteiger partial charge in [0.05, 0.1) is 11.4 Å². The number of aromatic nitrogens is 3. The Hall–Kier alpha value is -2.41. The van der Waals surface area contributed by atoms with Crippen molar-refractivity contribution in [2.45, 2.75) is 39.7 Å². The third kappa shape index (κ3) is 4.19. The largest absolute Gasteiger partial charge is 0.343 e. The van der Waals surface area contributed by atoms with Crippen LogP contribution in [0.25, 0.3) is 5.69 Å². The molecule has 2 aromatic rings. The van der Waals surface area contributed by atoms with Crippen LogP contribution in [-0.2, 0) is 4.79 Å². The van der Waals surface area contributed by atoms with Gasteiger partial charge in [-0.15, -0.1) is 5.10 Å². The first kappa shape index (κ1) is 20.3. The second kappa shape index (κ2) is 8.31. The summed E-state index contributed by atoms with van der Waals surface area (Å²) in [4.78, 5) is 30.4. The van der Waals surface area contributed by atoms with Gasteiger partial charge >= 0.3 is 0 Å². The van der Waals surface area contributed by atoms with Crippen molar-refractivity contribution in [2.24, 2.45) is 5.92 Å². The van der Waals surface area contributed by atoms with Gasteiger partial charge in [-0.2, -0.15) is 9.90 Å². The number of carbonyl (C=O) groups excluding carboxylic acids is 2. The van der Waals surface area contributed by atoms with Gasteiger partial charge in [-0.25, -0.2) is 0 Å². The normalized spacial score (nSPS) is 15.1. The van der Waals surface area contributed by atoms with E-state index in [0.29, 0.717) is 48.0 Å². The highest BCUT2D eigenvalue weighted by Gasteiger charge is 2.31. The zero-order valence-electron chi connectivity index (χ0n) is 16.7. The van der Waals surface area contributed by atoms with Crippen LogP contribution in [0.4, 0.5) is 0 Å². The summed E-state index contributed by atoms with van der Waals surface area (Å²) >= 11 is 6.03. The van der Waals surface area contributed by atoms with Crippen LogP contribution in [-0.4, -0.2) is 62.8 Å². The molecule has 2 heterocycles. The fourth-order valence-electron chi connectivity index (χ4n) is 3.31. The van der Waals surface area contributed by atoms with Crippen molar-refractivity contribution in [3.05, 3.63) is 40.7 Å². The van der Waals surface area contributed by atoms with Crippen LogP contribution < -0.4 is 0 Å². The third-order valence-corrected chi connectivity index (χ3v) is 5.51. The second-order valence-electron chi connectivity index (χ2n) is 7.51. The van der Waals surface area contributed by atoms with Crippen molar-refractivity contribution < 1.29 is 9.59 Å². The monoisotopic (exact) mass is 403 g/mol. The molecule has 1 aliphatic heterocycles. The fourth-order valence-corrected chi connectivity index (χ4v) is 3.50. The Morgan fingerprint density at radius 3 is 2.50 bits per heavy atom. The molecule has 7 nitrogen and oxygen atoms in total. The number of benzene rings is 1. The van der Waals surface area contributed by atoms with E-state index in [1.807, 2.05) is 33.0 Å². The predicted molar refractivity (Wildman–Crippen MR) is 108 cm³/mol. The summed E-state index contributed by atoms with van der Waals surface area (Å²) in [6.07, 6.45) is 1.34. The van der Waals surface area contributed by atoms with Gasteiger partial charge in [0, 0.05) is 37.1 Å². The zero-order valence-corrected chi connectivity index (χ0v) is 17.5. The average molecular weight is 404 g/mol. The minimum Gasteiger partial charge on any atom is -0.343 e. The van der Waals surface area contributed by atoms with Gasteiger partial charge < -0.3 is 9.80 Å². The van der Waals surface area contributed by atoms with E-state index in [4.69, 9.17) is 11.6 Å². The Morgan fingerprint density at radius 2 is 1.89 bits per heavy atom. The van der Waals surface area contributed by atoms with Crippen LogP contribution in [0.1, 0.15) is 42.9 Å². The Morgan fingerprint density at radius 1 is 1.21 bits per heavy atom. The first-order valence-electron chi connectivity index (χ1n) is 9.53. The lowest BCUT2D eigenvalue weighted by molar-refractivity contribution is -0.137. The highest BCUT2D eigenvalue weighted by Crippen LogP contribution is 2.22. The van der Waals surface area contributed by atoms with Gasteiger partial charge in [-0.05, 0) is 51.8 Å². The number of likely N-dealkylation sites (tertiary alicyclic amines) is 1. The van der Waals surface area contributed by atoms with Crippen LogP contribution in [0, 0.1) is 12.8 Å². The molecule has 0 spiro atoms. The van der Waals surface area contributed by atoms with E-state index in [-0.39, 0.29) is 23.8 Å². The molecule has 0 atom stereocenters. The SMILES string of the molecule is Cc1nn(-c2cccc(Cl)c2)nc1C(=O)N1CCC(C(=O)N(C)C(C)C)CC1. The zero-order chi connectivity index (χ0) is 20.4. The Bertz CT molecular complexity index is 871. The molecule has 1 aliphatic rings. The van der Waals surface area contributed by atoms with Crippen molar-refractivity contribution in [2.75, 3.05) is 20.1 Å². The standard InChI is InChI=1S/C20H26ClN5O2/c1-13(2)24(4)19(27)15-8-10-25(11-9-15)20(28)18-14(3)22-26(23-18)17-7-5-6-16(21)12-17/h5-7,12-13,15H,8-11H2,1-4H3. The molecule has 0 N–H and O–H groups in total. The third-order valence-electron chi connectivity index (χ3n) is 5.28. The lowest BCUT2D eigenvalue weighted by atomic mass is 9.94. The molecule has 1 saturated heterocycles. The van der Waals surface area contributed by atoms with E-state index >= 15 is 0 Å². The summed E-state index contributed by atoms with van der Waals surface area (Å²) in [6.45, 7) is 6.87. The van der Waals surface area contributed by atoms with E-state index in [1.54, 1.807) is 28.9 Å². The molecule has 150 valence electrons. The highest BCUT2D eigenvalue weighted by atomic mass is 35.5. The molecule has 1 fully saturated rings. The Labute approximate surface area is 170 Å². The van der Waals surface area contributed by atoms with Gasteiger partial charge in [0.15, 0.2) is 5.69 Å². The van der Waals surface area contributed by atoms with Crippen LogP contribution >= 0.6 is 11.6 Å². The summed E-state index contributed by atoms with van der Waals surface area (Å²) in [5.41, 5.74) is 1.61. The second-order valence-corrected chi connectivity index (χ2v) is 7.95. The van der Waals surface area contributed by atoms with Crippen LogP contribution in [0.3, 0.4) is 0 Å². The number of hydrogen-bond acceptors (Lipinski definition) is 4. The van der Waals surface area contributed by atoms with Crippen LogP contribution in [0.15, 0.2) is 24.3 Å². The van der Waals surface area contributed by atoms with Crippen LogP contribution in [0.5, 0.6) is 0 Å². The van der Waals surface area contributed by atoms with E-state index < -0.39 is 0 Å². The maximum absolute atomic E-state index is 12.9. The molecule has 8 heteroatoms. The summed E-state index contributed by atoms with van der Waals surface area (Å²) in [5.74, 6) is -0.0150. The molecule has 0 saturated carbocycles. The highest BCUT2D eigenvalue weighted by molar-refractivity contribution is 6.30. The molecule has 0 radical (unpaired) electrons. The number of aryl methyl sites for hydroxylation is 1. The Kier molecular flexibility index (Phi) is 6.03. The molecule has 1 aromatic heterocycles. The van der Waals surface area contributed by atoms with E-state index in [9.17, 15) is 9.59 Å². The molecule has 28 heavy (non-hydrogen) atoms. The van der Waals surface area contributed by atoms with Crippen molar-refractivity contribution in [3.8, 4) is 5.69 Å². The predicted octanol–water partition coefficient (Wildman–Crippen LogP) is 2.95. The first-order chi connectivity index (χ1) is 13.3. The number of hydrogen-bond donors (Lipinski definition) is 0. The molecular formula is C20H26ClN5O2. The quantitative estimate of drug-likeness (QED) is 0.786. The fraction of sp³-hybridized carbons (Fsp3) is 0.500. The molecule has 0 bridgehead atoms. The topological polar surface area (TPSA) is 71.3 Å². The molecule has 3 rings (SSSR count). The molecule has 1 aromatic carbocycles. The van der Waals surface area contributed by atoms with Crippen molar-refractivity contribution >= 4 is 23.4 Å². The molecular weight excluding hydrogens is 378 g/mol. The van der Waals surface area contributed by atoms with Gasteiger partial charge in [-0.3, -0.25) is 9.59 Å². The van der Waals surface area contributed by atoms with Crippen molar-refractivity contribution in [3.63, 3.8) is 0 Å². The summed E-state index contributed by atoms with van der Waals surface area (Å²) < 4.78 is 0. The van der Waals surface area contributed by atoms with Gasteiger partial charge in [-0.1, -0.05) is 17.7 Å². The first-order valence-corrected chi connectivity index (χ1v) is 9.91. The Balaban J connectivity index is 1.68. The lowest BCUT2D eigenvalue weighted by Gasteiger charge is -2.34. The maximum atomic E-state index is 12.9. The smallest absolute Gasteiger partial charge is 0.276 e. The van der Waals surface area contributed by atoms with E-state index in [1.165, 1.54) is 4.80 Å². The lowest BCUT2D eigenvalue weighted by Crippen LogP contribution is -2.45. The molecule has 0 aliphatic carbocycles. The van der Waals surface area contributed by atoms with Gasteiger partial charge in [0.2, 0.25) is 5.91 Å². The van der Waals surface area contributed by atoms with Crippen molar-refractivity contribution in [1.82, 2.24) is 24.8 Å². The number of piperidine rings is 1. The maximum Gasteiger partial charge on any atom is 0.276 e. The van der Waals surface area contributed by atoms with Crippen LogP contribution in [0.2, 0.25) is 5.02 Å². The summed E-state index contributed by atoms with van der Waals surface area (Å²) in [5, 5.41) is 9.33. The van der Waals surface area contributed by atoms with Crippen molar-refractivity contribution in [1.29, 1.82) is 0 Å². The summed E-state index contributed by atoms with van der Waals surface area (Å²) in [6, 6.07) is 7.35. The van der Waals surface area contributed by atoms with Gasteiger partial charge in [0.1, 0.15) is 0 Å². The minimum absolute atomic E-state index is 0.0281. The molecule has 0 unspecified atom stereocenters. The van der Waals surface area contributed by atoms with E-state index in [0.717, 1.165) is 0 Å². The number of nitrogens with zero attached hydrogens (tertiary/aromatic N) is 5. The van der Waals surface area contributed by atoms with Gasteiger partial charge in [0.25, 0.3) is 5.91 Å².